The van der Waals surface area contributed by atoms with Crippen LogP contribution in [0.1, 0.15) is 26.7 Å². The van der Waals surface area contributed by atoms with Crippen molar-refractivity contribution in [2.45, 2.75) is 26.7 Å². The average Bonchev–Trinajstić information content (AvgIpc) is 2.44. The fourth-order valence-corrected chi connectivity index (χ4v) is 2.08. The van der Waals surface area contributed by atoms with Crippen molar-refractivity contribution < 1.29 is 4.74 Å². The van der Waals surface area contributed by atoms with Crippen molar-refractivity contribution in [2.24, 2.45) is 16.1 Å². The summed E-state index contributed by atoms with van der Waals surface area (Å²) in [5, 5.41) is 3.40. The summed E-state index contributed by atoms with van der Waals surface area (Å²) in [7, 11) is 0. The first-order valence-electron chi connectivity index (χ1n) is 7.11. The predicted octanol–water partition coefficient (Wildman–Crippen LogP) is 1.88. The van der Waals surface area contributed by atoms with E-state index in [9.17, 15) is 0 Å². The Bertz CT molecular complexity index is 336. The molecule has 0 aromatic rings. The zero-order valence-electron chi connectivity index (χ0n) is 12.2. The van der Waals surface area contributed by atoms with Gasteiger partial charge in [-0.1, -0.05) is 24.3 Å². The summed E-state index contributed by atoms with van der Waals surface area (Å²) >= 11 is 0. The van der Waals surface area contributed by atoms with E-state index in [1.54, 1.807) is 0 Å². The molecule has 19 heavy (non-hydrogen) atoms. The van der Waals surface area contributed by atoms with E-state index in [1.165, 1.54) is 0 Å². The van der Waals surface area contributed by atoms with E-state index in [0.717, 1.165) is 38.4 Å². The second kappa shape index (κ2) is 8.88. The van der Waals surface area contributed by atoms with Gasteiger partial charge in [0.25, 0.3) is 0 Å². The zero-order valence-corrected chi connectivity index (χ0v) is 12.2. The molecular formula is C15H27N3O. The highest BCUT2D eigenvalue weighted by Crippen LogP contribution is 2.23. The number of nitrogens with zero attached hydrogens (tertiary/aromatic N) is 1. The van der Waals surface area contributed by atoms with Crippen molar-refractivity contribution in [3.8, 4) is 0 Å². The Hall–Kier alpha value is -1.13. The van der Waals surface area contributed by atoms with Crippen LogP contribution < -0.4 is 11.1 Å². The van der Waals surface area contributed by atoms with Gasteiger partial charge in [0.1, 0.15) is 5.84 Å². The molecule has 108 valence electrons. The van der Waals surface area contributed by atoms with Gasteiger partial charge in [-0.15, -0.1) is 0 Å². The third kappa shape index (κ3) is 5.57. The molecule has 0 radical (unpaired) electrons. The average molecular weight is 265 g/mol. The molecule has 0 amide bonds. The molecule has 0 bridgehead atoms. The summed E-state index contributed by atoms with van der Waals surface area (Å²) in [5.41, 5.74) is 5.26. The zero-order chi connectivity index (χ0) is 14.0. The molecule has 0 aliphatic carbocycles. The van der Waals surface area contributed by atoms with E-state index in [1.807, 2.05) is 6.92 Å². The largest absolute Gasteiger partial charge is 0.377 e. The Morgan fingerprint density at radius 1 is 1.47 bits per heavy atom. The first kappa shape index (κ1) is 15.9. The standard InChI is InChI=1S/C15H27N3O/c1-3-7-15(2,14-17-10-6-11-18-14)8-4-12-19-13-5-9-16/h3-4,7-8H,5-6,9-13,16H2,1-2H3,(H,17,18)/b7-3-,8-4-. The maximum Gasteiger partial charge on any atom is 0.110 e. The van der Waals surface area contributed by atoms with Gasteiger partial charge < -0.3 is 15.8 Å². The van der Waals surface area contributed by atoms with Crippen molar-refractivity contribution in [1.82, 2.24) is 5.32 Å². The lowest BCUT2D eigenvalue weighted by molar-refractivity contribution is 0.161. The van der Waals surface area contributed by atoms with Gasteiger partial charge in [0.05, 0.1) is 12.0 Å². The SMILES string of the molecule is C/C=C\C(C)(/C=C\COCCCN)C1=NCCCN1. The molecule has 0 spiro atoms. The molecular weight excluding hydrogens is 238 g/mol. The van der Waals surface area contributed by atoms with Crippen LogP contribution in [0.25, 0.3) is 0 Å². The molecule has 4 nitrogen and oxygen atoms in total. The normalized spacial score (nSPS) is 19.4. The van der Waals surface area contributed by atoms with Crippen LogP contribution in [0.3, 0.4) is 0 Å². The molecule has 0 aromatic heterocycles. The summed E-state index contributed by atoms with van der Waals surface area (Å²) in [6.45, 7) is 8.15. The molecule has 4 heteroatoms. The highest BCUT2D eigenvalue weighted by atomic mass is 16.5. The van der Waals surface area contributed by atoms with E-state index in [2.05, 4.69) is 41.5 Å². The lowest BCUT2D eigenvalue weighted by atomic mass is 9.87. The Balaban J connectivity index is 2.55. The molecule has 1 unspecified atom stereocenters. The van der Waals surface area contributed by atoms with Crippen LogP contribution in [0.2, 0.25) is 0 Å². The van der Waals surface area contributed by atoms with Gasteiger partial charge >= 0.3 is 0 Å². The first-order chi connectivity index (χ1) is 9.23. The monoisotopic (exact) mass is 265 g/mol. The molecule has 1 aliphatic heterocycles. The quantitative estimate of drug-likeness (QED) is 0.520. The van der Waals surface area contributed by atoms with E-state index < -0.39 is 0 Å². The molecule has 1 rings (SSSR count). The van der Waals surface area contributed by atoms with Gasteiger partial charge in [-0.05, 0) is 33.2 Å². The van der Waals surface area contributed by atoms with E-state index in [-0.39, 0.29) is 5.41 Å². The minimum atomic E-state index is -0.160. The minimum Gasteiger partial charge on any atom is -0.377 e. The number of hydrogen-bond donors (Lipinski definition) is 2. The van der Waals surface area contributed by atoms with Crippen LogP contribution in [0, 0.1) is 5.41 Å². The molecule has 1 heterocycles. The van der Waals surface area contributed by atoms with E-state index in [0.29, 0.717) is 13.2 Å². The van der Waals surface area contributed by atoms with Gasteiger partial charge in [0.2, 0.25) is 0 Å². The Morgan fingerprint density at radius 3 is 2.95 bits per heavy atom. The molecule has 1 aliphatic rings. The maximum absolute atomic E-state index is 5.48. The predicted molar refractivity (Wildman–Crippen MR) is 81.5 cm³/mol. The van der Waals surface area contributed by atoms with E-state index in [4.69, 9.17) is 10.5 Å². The third-order valence-electron chi connectivity index (χ3n) is 3.09. The highest BCUT2D eigenvalue weighted by molar-refractivity contribution is 5.91. The van der Waals surface area contributed by atoms with Crippen molar-refractivity contribution in [3.63, 3.8) is 0 Å². The first-order valence-corrected chi connectivity index (χ1v) is 7.11. The number of amidine groups is 1. The van der Waals surface area contributed by atoms with Crippen LogP contribution in [0.5, 0.6) is 0 Å². The second-order valence-corrected chi connectivity index (χ2v) is 4.91. The summed E-state index contributed by atoms with van der Waals surface area (Å²) in [5.74, 6) is 1.05. The summed E-state index contributed by atoms with van der Waals surface area (Å²) < 4.78 is 5.48. The minimum absolute atomic E-state index is 0.160. The summed E-state index contributed by atoms with van der Waals surface area (Å²) in [4.78, 5) is 4.59. The van der Waals surface area contributed by atoms with Gasteiger partial charge in [-0.25, -0.2) is 0 Å². The van der Waals surface area contributed by atoms with Gasteiger partial charge in [0.15, 0.2) is 0 Å². The second-order valence-electron chi connectivity index (χ2n) is 4.91. The number of rotatable bonds is 8. The van der Waals surface area contributed by atoms with Crippen molar-refractivity contribution in [2.75, 3.05) is 32.8 Å². The van der Waals surface area contributed by atoms with Crippen LogP contribution >= 0.6 is 0 Å². The third-order valence-corrected chi connectivity index (χ3v) is 3.09. The lowest BCUT2D eigenvalue weighted by Crippen LogP contribution is -2.40. The molecule has 0 saturated carbocycles. The Morgan fingerprint density at radius 2 is 2.32 bits per heavy atom. The van der Waals surface area contributed by atoms with Gasteiger partial charge in [-0.3, -0.25) is 4.99 Å². The molecule has 3 N–H and O–H groups in total. The molecule has 0 saturated heterocycles. The molecule has 0 aromatic carbocycles. The van der Waals surface area contributed by atoms with Crippen LogP contribution in [-0.4, -0.2) is 38.7 Å². The highest BCUT2D eigenvalue weighted by Gasteiger charge is 2.25. The fraction of sp³-hybridized carbons (Fsp3) is 0.667. The Labute approximate surface area is 116 Å². The number of nitrogens with one attached hydrogen (secondary N) is 1. The maximum atomic E-state index is 5.48. The molecule has 0 fully saturated rings. The van der Waals surface area contributed by atoms with E-state index >= 15 is 0 Å². The summed E-state index contributed by atoms with van der Waals surface area (Å²) in [6.07, 6.45) is 10.5. The Kier molecular flexibility index (Phi) is 7.45. The van der Waals surface area contributed by atoms with Gasteiger partial charge in [0, 0.05) is 19.7 Å². The van der Waals surface area contributed by atoms with Crippen LogP contribution in [-0.2, 0) is 4.74 Å². The fourth-order valence-electron chi connectivity index (χ4n) is 2.08. The smallest absolute Gasteiger partial charge is 0.110 e. The number of nitrogens with two attached hydrogens (primary N) is 1. The number of aliphatic imine (C=N–C) groups is 1. The summed E-state index contributed by atoms with van der Waals surface area (Å²) in [6, 6.07) is 0. The van der Waals surface area contributed by atoms with Crippen LogP contribution in [0.15, 0.2) is 29.3 Å². The lowest BCUT2D eigenvalue weighted by Gasteiger charge is -2.28. The van der Waals surface area contributed by atoms with Gasteiger partial charge in [-0.2, -0.15) is 0 Å². The van der Waals surface area contributed by atoms with Crippen molar-refractivity contribution in [1.29, 1.82) is 0 Å². The number of hydrogen-bond acceptors (Lipinski definition) is 4. The van der Waals surface area contributed by atoms with Crippen molar-refractivity contribution >= 4 is 5.84 Å². The van der Waals surface area contributed by atoms with Crippen LogP contribution in [0.4, 0.5) is 0 Å². The topological polar surface area (TPSA) is 59.6 Å². The molecule has 1 atom stereocenters. The number of allylic oxidation sites excluding steroid dienone is 1. The van der Waals surface area contributed by atoms with Crippen molar-refractivity contribution in [3.05, 3.63) is 24.3 Å². The number of ether oxygens (including phenoxy) is 1.